The minimum absolute atomic E-state index is 0.0909. The number of carbonyl (C=O) groups excluding carboxylic acids is 1. The predicted octanol–water partition coefficient (Wildman–Crippen LogP) is 5.28. The molecule has 0 aromatic heterocycles. The van der Waals surface area contributed by atoms with E-state index in [-0.39, 0.29) is 18.7 Å². The number of nitrogens with one attached hydrogen (secondary N) is 1. The lowest BCUT2D eigenvalue weighted by Gasteiger charge is -2.31. The van der Waals surface area contributed by atoms with Gasteiger partial charge >= 0.3 is 6.18 Å². The highest BCUT2D eigenvalue weighted by Crippen LogP contribution is 2.40. The molecule has 0 saturated heterocycles. The third-order valence-corrected chi connectivity index (χ3v) is 5.69. The van der Waals surface area contributed by atoms with Gasteiger partial charge in [-0.2, -0.15) is 13.2 Å². The van der Waals surface area contributed by atoms with E-state index in [2.05, 4.69) is 5.32 Å². The highest BCUT2D eigenvalue weighted by molar-refractivity contribution is 5.79. The van der Waals surface area contributed by atoms with Crippen molar-refractivity contribution in [1.29, 1.82) is 0 Å². The second-order valence-corrected chi connectivity index (χ2v) is 7.59. The number of hydrogen-bond acceptors (Lipinski definition) is 3. The second kappa shape index (κ2) is 9.41. The molecule has 2 atom stereocenters. The molecule has 1 N–H and O–H groups in total. The summed E-state index contributed by atoms with van der Waals surface area (Å²) in [6.07, 6.45) is -3.46. The van der Waals surface area contributed by atoms with Gasteiger partial charge < -0.3 is 14.8 Å². The van der Waals surface area contributed by atoms with Gasteiger partial charge in [0.1, 0.15) is 11.5 Å². The quantitative estimate of drug-likeness (QED) is 0.691. The van der Waals surface area contributed by atoms with Crippen LogP contribution >= 0.6 is 0 Å². The number of amides is 1. The standard InChI is InChI=1S/C23H26F3NO3/c1-29-19-10-6-15(7-11-19)21(16-8-12-20(30-2)13-9-16)27-22(28)17-4-3-5-18(14-17)23(24,25)26/h6-13,17-18,21H,3-5,14H2,1-2H3,(H,27,28)/t17-,18-/m1/s1. The fourth-order valence-electron chi connectivity index (χ4n) is 3.94. The molecule has 1 fully saturated rings. The van der Waals surface area contributed by atoms with E-state index >= 15 is 0 Å². The first kappa shape index (κ1) is 22.0. The Morgan fingerprint density at radius 1 is 0.933 bits per heavy atom. The number of halogens is 3. The molecular formula is C23H26F3NO3. The van der Waals surface area contributed by atoms with Gasteiger partial charge in [0.15, 0.2) is 0 Å². The fourth-order valence-corrected chi connectivity index (χ4v) is 3.94. The molecule has 1 saturated carbocycles. The molecule has 3 rings (SSSR count). The van der Waals surface area contributed by atoms with Gasteiger partial charge in [0, 0.05) is 5.92 Å². The summed E-state index contributed by atoms with van der Waals surface area (Å²) in [4.78, 5) is 12.9. The van der Waals surface area contributed by atoms with E-state index < -0.39 is 24.1 Å². The Hall–Kier alpha value is -2.70. The molecule has 162 valence electrons. The molecule has 30 heavy (non-hydrogen) atoms. The summed E-state index contributed by atoms with van der Waals surface area (Å²) < 4.78 is 49.9. The number of carbonyl (C=O) groups is 1. The van der Waals surface area contributed by atoms with Crippen LogP contribution in [-0.4, -0.2) is 26.3 Å². The van der Waals surface area contributed by atoms with Gasteiger partial charge in [-0.1, -0.05) is 30.7 Å². The van der Waals surface area contributed by atoms with Crippen LogP contribution in [-0.2, 0) is 4.79 Å². The maximum Gasteiger partial charge on any atom is 0.391 e. The monoisotopic (exact) mass is 421 g/mol. The van der Waals surface area contributed by atoms with Crippen molar-refractivity contribution in [3.63, 3.8) is 0 Å². The molecule has 0 aliphatic heterocycles. The molecular weight excluding hydrogens is 395 g/mol. The molecule has 2 aromatic carbocycles. The molecule has 1 amide bonds. The third kappa shape index (κ3) is 5.26. The maximum atomic E-state index is 13.2. The smallest absolute Gasteiger partial charge is 0.391 e. The van der Waals surface area contributed by atoms with Crippen molar-refractivity contribution in [3.8, 4) is 11.5 Å². The molecule has 7 heteroatoms. The summed E-state index contributed by atoms with van der Waals surface area (Å²) in [5, 5.41) is 2.98. The molecule has 1 aliphatic rings. The van der Waals surface area contributed by atoms with E-state index in [1.807, 2.05) is 24.3 Å². The van der Waals surface area contributed by atoms with Gasteiger partial charge in [0.05, 0.1) is 26.2 Å². The van der Waals surface area contributed by atoms with Crippen LogP contribution in [0.25, 0.3) is 0 Å². The number of rotatable bonds is 6. The molecule has 0 bridgehead atoms. The van der Waals surface area contributed by atoms with Gasteiger partial charge in [-0.25, -0.2) is 0 Å². The first-order valence-corrected chi connectivity index (χ1v) is 9.96. The summed E-state index contributed by atoms with van der Waals surface area (Å²) in [7, 11) is 3.13. The SMILES string of the molecule is COc1ccc(C(NC(=O)[C@@H]2CCC[C@@H](C(F)(F)F)C2)c2ccc(OC)cc2)cc1. The molecule has 0 unspecified atom stereocenters. The van der Waals surface area contributed by atoms with Crippen LogP contribution in [0.5, 0.6) is 11.5 Å². The van der Waals surface area contributed by atoms with Crippen molar-refractivity contribution in [2.45, 2.75) is 37.9 Å². The number of methoxy groups -OCH3 is 2. The number of benzene rings is 2. The lowest BCUT2D eigenvalue weighted by atomic mass is 9.80. The zero-order valence-electron chi connectivity index (χ0n) is 17.0. The third-order valence-electron chi connectivity index (χ3n) is 5.69. The highest BCUT2D eigenvalue weighted by atomic mass is 19.4. The van der Waals surface area contributed by atoms with Crippen molar-refractivity contribution in [1.82, 2.24) is 5.32 Å². The van der Waals surface area contributed by atoms with E-state index in [1.54, 1.807) is 38.5 Å². The van der Waals surface area contributed by atoms with Crippen LogP contribution in [0.15, 0.2) is 48.5 Å². The van der Waals surface area contributed by atoms with E-state index in [0.717, 1.165) is 11.1 Å². The van der Waals surface area contributed by atoms with Crippen LogP contribution < -0.4 is 14.8 Å². The van der Waals surface area contributed by atoms with Gasteiger partial charge in [0.2, 0.25) is 5.91 Å². The van der Waals surface area contributed by atoms with Crippen molar-refractivity contribution in [2.75, 3.05) is 14.2 Å². The number of alkyl halides is 3. The average molecular weight is 421 g/mol. The molecule has 2 aromatic rings. The van der Waals surface area contributed by atoms with Gasteiger partial charge in [-0.15, -0.1) is 0 Å². The van der Waals surface area contributed by atoms with Crippen LogP contribution in [0.1, 0.15) is 42.9 Å². The van der Waals surface area contributed by atoms with Crippen molar-refractivity contribution < 1.29 is 27.4 Å². The first-order valence-electron chi connectivity index (χ1n) is 9.96. The Morgan fingerprint density at radius 2 is 1.43 bits per heavy atom. The average Bonchev–Trinajstić information content (AvgIpc) is 2.77. The second-order valence-electron chi connectivity index (χ2n) is 7.59. The van der Waals surface area contributed by atoms with Crippen molar-refractivity contribution in [2.24, 2.45) is 11.8 Å². The Bertz CT molecular complexity index is 787. The summed E-state index contributed by atoms with van der Waals surface area (Å²) in [5.41, 5.74) is 1.63. The molecule has 4 nitrogen and oxygen atoms in total. The van der Waals surface area contributed by atoms with Gasteiger partial charge in [-0.05, 0) is 54.7 Å². The summed E-state index contributed by atoms with van der Waals surface area (Å²) in [6, 6.07) is 14.0. The minimum atomic E-state index is -4.26. The van der Waals surface area contributed by atoms with Crippen LogP contribution in [0, 0.1) is 11.8 Å². The summed E-state index contributed by atoms with van der Waals surface area (Å²) in [6.45, 7) is 0. The van der Waals surface area contributed by atoms with Gasteiger partial charge in [0.25, 0.3) is 0 Å². The largest absolute Gasteiger partial charge is 0.497 e. The molecule has 0 spiro atoms. The lowest BCUT2D eigenvalue weighted by Crippen LogP contribution is -2.39. The molecule has 0 radical (unpaired) electrons. The molecule has 0 heterocycles. The first-order chi connectivity index (χ1) is 14.3. The fraction of sp³-hybridized carbons (Fsp3) is 0.435. The maximum absolute atomic E-state index is 13.2. The normalized spacial score (nSPS) is 19.4. The van der Waals surface area contributed by atoms with E-state index in [0.29, 0.717) is 24.3 Å². The van der Waals surface area contributed by atoms with E-state index in [4.69, 9.17) is 9.47 Å². The number of hydrogen-bond donors (Lipinski definition) is 1. The zero-order chi connectivity index (χ0) is 21.7. The van der Waals surface area contributed by atoms with Crippen LogP contribution in [0.2, 0.25) is 0 Å². The van der Waals surface area contributed by atoms with Gasteiger partial charge in [-0.3, -0.25) is 4.79 Å². The lowest BCUT2D eigenvalue weighted by molar-refractivity contribution is -0.186. The predicted molar refractivity (Wildman–Crippen MR) is 107 cm³/mol. The van der Waals surface area contributed by atoms with E-state index in [9.17, 15) is 18.0 Å². The van der Waals surface area contributed by atoms with Crippen LogP contribution in [0.4, 0.5) is 13.2 Å². The molecule has 1 aliphatic carbocycles. The minimum Gasteiger partial charge on any atom is -0.497 e. The van der Waals surface area contributed by atoms with E-state index in [1.165, 1.54) is 0 Å². The summed E-state index contributed by atoms with van der Waals surface area (Å²) in [5.74, 6) is -1.05. The Kier molecular flexibility index (Phi) is 6.90. The topological polar surface area (TPSA) is 47.6 Å². The highest BCUT2D eigenvalue weighted by Gasteiger charge is 2.43. The number of ether oxygens (including phenoxy) is 2. The Balaban J connectivity index is 1.83. The van der Waals surface area contributed by atoms with Crippen molar-refractivity contribution in [3.05, 3.63) is 59.7 Å². The Morgan fingerprint density at radius 3 is 1.87 bits per heavy atom. The van der Waals surface area contributed by atoms with Crippen LogP contribution in [0.3, 0.4) is 0 Å². The van der Waals surface area contributed by atoms with Crippen molar-refractivity contribution >= 4 is 5.91 Å². The summed E-state index contributed by atoms with van der Waals surface area (Å²) >= 11 is 0. The zero-order valence-corrected chi connectivity index (χ0v) is 17.0. The Labute approximate surface area is 174 Å².